The average molecular weight is 514 g/mol. The van der Waals surface area contributed by atoms with Gasteiger partial charge in [0.1, 0.15) is 6.04 Å². The molecule has 3 amide bonds. The molecule has 2 aromatic carbocycles. The van der Waals surface area contributed by atoms with Gasteiger partial charge in [0.2, 0.25) is 5.91 Å². The normalized spacial score (nSPS) is 32.1. The van der Waals surface area contributed by atoms with Crippen LogP contribution < -0.4 is 10.6 Å². The van der Waals surface area contributed by atoms with Gasteiger partial charge in [-0.25, -0.2) is 4.79 Å². The summed E-state index contributed by atoms with van der Waals surface area (Å²) in [4.78, 5) is 42.9. The molecule has 2 unspecified atom stereocenters. The Bertz CT molecular complexity index is 1170. The number of hydrogen-bond acceptors (Lipinski definition) is 3. The molecule has 4 bridgehead atoms. The second kappa shape index (κ2) is 10.2. The lowest BCUT2D eigenvalue weighted by molar-refractivity contribution is -0.150. The number of hydrogen-bond donors (Lipinski definition) is 2. The maximum Gasteiger partial charge on any atom is 0.319 e. The van der Waals surface area contributed by atoms with Gasteiger partial charge in [-0.1, -0.05) is 42.5 Å². The number of anilines is 1. The Morgan fingerprint density at radius 3 is 2.26 bits per heavy atom. The van der Waals surface area contributed by atoms with Gasteiger partial charge in [0.05, 0.1) is 12.6 Å². The number of nitrogens with zero attached hydrogens (tertiary/aromatic N) is 1. The highest BCUT2D eigenvalue weighted by atomic mass is 16.2. The van der Waals surface area contributed by atoms with Crippen molar-refractivity contribution in [1.29, 1.82) is 0 Å². The third-order valence-electron chi connectivity index (χ3n) is 9.64. The molecule has 7 rings (SSSR count). The minimum Gasteiger partial charge on any atom is -0.327 e. The number of amides is 3. The van der Waals surface area contributed by atoms with Crippen LogP contribution in [0.5, 0.6) is 0 Å². The number of nitrogens with one attached hydrogen (secondary N) is 2. The van der Waals surface area contributed by atoms with Crippen LogP contribution in [0.4, 0.5) is 10.5 Å². The van der Waals surface area contributed by atoms with Crippen LogP contribution in [0.3, 0.4) is 0 Å². The van der Waals surface area contributed by atoms with Gasteiger partial charge < -0.3 is 15.5 Å². The molecule has 6 nitrogen and oxygen atoms in total. The number of rotatable bonds is 6. The lowest BCUT2D eigenvalue weighted by Crippen LogP contribution is -2.55. The van der Waals surface area contributed by atoms with Crippen LogP contribution in [0.15, 0.2) is 54.6 Å². The first-order valence-electron chi connectivity index (χ1n) is 14.4. The Hall–Kier alpha value is -3.15. The number of carbonyl (C=O) groups excluding carboxylic acids is 3. The molecular formula is C32H39N3O3. The molecule has 6 heteroatoms. The molecule has 2 atom stereocenters. The predicted molar refractivity (Wildman–Crippen MR) is 147 cm³/mol. The SMILES string of the molecule is Cc1cccc(NC(=O)NC2CCCC(c3ccccc3)N(CC(=O)C34CC5CC(CC(C5)C3)C4)C2=O)c1. The lowest BCUT2D eigenvalue weighted by Gasteiger charge is -2.56. The van der Waals surface area contributed by atoms with Crippen LogP contribution in [-0.4, -0.2) is 35.2 Å². The van der Waals surface area contributed by atoms with Crippen molar-refractivity contribution in [3.05, 3.63) is 65.7 Å². The van der Waals surface area contributed by atoms with Crippen LogP contribution in [0.2, 0.25) is 0 Å². The van der Waals surface area contributed by atoms with Crippen LogP contribution >= 0.6 is 0 Å². The van der Waals surface area contributed by atoms with Gasteiger partial charge in [-0.15, -0.1) is 0 Å². The first kappa shape index (κ1) is 25.1. The molecule has 2 aromatic rings. The van der Waals surface area contributed by atoms with E-state index in [-0.39, 0.29) is 35.7 Å². The fourth-order valence-corrected chi connectivity index (χ4v) is 8.32. The third kappa shape index (κ3) is 4.97. The maximum atomic E-state index is 14.1. The molecule has 1 saturated heterocycles. The number of carbonyl (C=O) groups is 3. The molecule has 1 aliphatic heterocycles. The number of urea groups is 1. The number of benzene rings is 2. The van der Waals surface area contributed by atoms with Crippen molar-refractivity contribution in [2.45, 2.75) is 76.8 Å². The van der Waals surface area contributed by atoms with Gasteiger partial charge in [-0.2, -0.15) is 0 Å². The molecule has 0 radical (unpaired) electrons. The molecule has 5 fully saturated rings. The van der Waals surface area contributed by atoms with Crippen molar-refractivity contribution in [3.8, 4) is 0 Å². The zero-order valence-corrected chi connectivity index (χ0v) is 22.3. The molecule has 2 N–H and O–H groups in total. The number of likely N-dealkylation sites (tertiary alicyclic amines) is 1. The molecule has 4 aliphatic carbocycles. The summed E-state index contributed by atoms with van der Waals surface area (Å²) in [5.41, 5.74) is 2.55. The summed E-state index contributed by atoms with van der Waals surface area (Å²) >= 11 is 0. The predicted octanol–water partition coefficient (Wildman–Crippen LogP) is 6.02. The Morgan fingerprint density at radius 2 is 1.61 bits per heavy atom. The van der Waals surface area contributed by atoms with Gasteiger partial charge in [0.15, 0.2) is 5.78 Å². The second-order valence-electron chi connectivity index (χ2n) is 12.5. The van der Waals surface area contributed by atoms with Gasteiger partial charge >= 0.3 is 6.03 Å². The second-order valence-corrected chi connectivity index (χ2v) is 12.5. The van der Waals surface area contributed by atoms with Crippen LogP contribution in [-0.2, 0) is 9.59 Å². The summed E-state index contributed by atoms with van der Waals surface area (Å²) in [5.74, 6) is 2.13. The summed E-state index contributed by atoms with van der Waals surface area (Å²) in [6, 6.07) is 16.5. The Morgan fingerprint density at radius 1 is 0.921 bits per heavy atom. The molecule has 0 spiro atoms. The van der Waals surface area contributed by atoms with E-state index in [9.17, 15) is 14.4 Å². The van der Waals surface area contributed by atoms with Crippen molar-refractivity contribution >= 4 is 23.4 Å². The van der Waals surface area contributed by atoms with Crippen LogP contribution in [0.1, 0.15) is 75.0 Å². The molecule has 200 valence electrons. The van der Waals surface area contributed by atoms with Gasteiger partial charge in [-0.3, -0.25) is 9.59 Å². The highest BCUT2D eigenvalue weighted by Crippen LogP contribution is 2.60. The Kier molecular flexibility index (Phi) is 6.75. The van der Waals surface area contributed by atoms with E-state index in [4.69, 9.17) is 0 Å². The summed E-state index contributed by atoms with van der Waals surface area (Å²) in [7, 11) is 0. The molecule has 0 aromatic heterocycles. The zero-order chi connectivity index (χ0) is 26.3. The van der Waals surface area contributed by atoms with Crippen molar-refractivity contribution in [2.75, 3.05) is 11.9 Å². The van der Waals surface area contributed by atoms with Crippen molar-refractivity contribution in [3.63, 3.8) is 0 Å². The smallest absolute Gasteiger partial charge is 0.319 e. The van der Waals surface area contributed by atoms with E-state index in [1.807, 2.05) is 49.4 Å². The monoisotopic (exact) mass is 513 g/mol. The van der Waals surface area contributed by atoms with Crippen molar-refractivity contribution in [1.82, 2.24) is 10.2 Å². The molecule has 5 aliphatic rings. The fourth-order valence-electron chi connectivity index (χ4n) is 8.32. The standard InChI is InChI=1S/C32H39N3O3/c1-21-7-5-10-26(13-21)33-31(38)34-27-11-6-12-28(25-8-3-2-4-9-25)35(30(27)37)20-29(36)32-17-22-14-23(18-32)16-24(15-22)19-32/h2-5,7-10,13,22-24,27-28H,6,11-12,14-20H2,1H3,(H2,33,34,38). The van der Waals surface area contributed by atoms with E-state index in [0.29, 0.717) is 29.9 Å². The molecule has 4 saturated carbocycles. The Balaban J connectivity index is 1.23. The first-order valence-corrected chi connectivity index (χ1v) is 14.4. The van der Waals surface area contributed by atoms with Gasteiger partial charge in [0, 0.05) is 11.1 Å². The number of Topliss-reactive ketones (excluding diaryl/α,β-unsaturated/α-hetero) is 1. The van der Waals surface area contributed by atoms with E-state index in [1.54, 1.807) is 4.90 Å². The third-order valence-corrected chi connectivity index (χ3v) is 9.64. The summed E-state index contributed by atoms with van der Waals surface area (Å²) in [6.45, 7) is 2.11. The Labute approximate surface area is 225 Å². The van der Waals surface area contributed by atoms with E-state index < -0.39 is 6.04 Å². The van der Waals surface area contributed by atoms with Crippen molar-refractivity contribution in [2.24, 2.45) is 23.2 Å². The molecule has 38 heavy (non-hydrogen) atoms. The molecular weight excluding hydrogens is 474 g/mol. The molecule has 1 heterocycles. The summed E-state index contributed by atoms with van der Waals surface area (Å²) in [6.07, 6.45) is 8.97. The summed E-state index contributed by atoms with van der Waals surface area (Å²) in [5, 5.41) is 5.81. The van der Waals surface area contributed by atoms with E-state index in [0.717, 1.165) is 43.2 Å². The lowest BCUT2D eigenvalue weighted by atomic mass is 9.48. The van der Waals surface area contributed by atoms with E-state index in [2.05, 4.69) is 22.8 Å². The highest BCUT2D eigenvalue weighted by molar-refractivity contribution is 5.96. The minimum atomic E-state index is -0.655. The number of ketones is 1. The number of aryl methyl sites for hydroxylation is 1. The maximum absolute atomic E-state index is 14.1. The van der Waals surface area contributed by atoms with Crippen LogP contribution in [0.25, 0.3) is 0 Å². The average Bonchev–Trinajstić information content (AvgIpc) is 3.02. The van der Waals surface area contributed by atoms with Crippen LogP contribution in [0, 0.1) is 30.1 Å². The van der Waals surface area contributed by atoms with Gasteiger partial charge in [0.25, 0.3) is 0 Å². The van der Waals surface area contributed by atoms with Gasteiger partial charge in [-0.05, 0) is 106 Å². The zero-order valence-electron chi connectivity index (χ0n) is 22.3. The topological polar surface area (TPSA) is 78.5 Å². The summed E-state index contributed by atoms with van der Waals surface area (Å²) < 4.78 is 0. The largest absolute Gasteiger partial charge is 0.327 e. The highest BCUT2D eigenvalue weighted by Gasteiger charge is 2.55. The first-order chi connectivity index (χ1) is 18.4. The fraction of sp³-hybridized carbons (Fsp3) is 0.531. The van der Waals surface area contributed by atoms with Crippen molar-refractivity contribution < 1.29 is 14.4 Å². The van der Waals surface area contributed by atoms with E-state index in [1.165, 1.54) is 19.3 Å². The van der Waals surface area contributed by atoms with E-state index >= 15 is 0 Å². The minimum absolute atomic E-state index is 0.141. The quantitative estimate of drug-likeness (QED) is 0.495.